The maximum Gasteiger partial charge on any atom is 0.417 e. The van der Waals surface area contributed by atoms with Crippen molar-refractivity contribution in [2.45, 2.75) is 6.18 Å². The summed E-state index contributed by atoms with van der Waals surface area (Å²) in [5, 5.41) is 0. The van der Waals surface area contributed by atoms with Crippen molar-refractivity contribution >= 4 is 5.82 Å². The second-order valence-corrected chi connectivity index (χ2v) is 3.57. The van der Waals surface area contributed by atoms with Gasteiger partial charge in [-0.3, -0.25) is 0 Å². The number of benzene rings is 1. The number of aromatic nitrogens is 2. The highest BCUT2D eigenvalue weighted by Crippen LogP contribution is 2.38. The zero-order valence-electron chi connectivity index (χ0n) is 8.87. The van der Waals surface area contributed by atoms with Crippen LogP contribution in [-0.2, 0) is 6.18 Å². The van der Waals surface area contributed by atoms with E-state index in [1.165, 1.54) is 0 Å². The predicted molar refractivity (Wildman–Crippen MR) is 57.2 cm³/mol. The van der Waals surface area contributed by atoms with E-state index in [1.807, 2.05) is 0 Å². The molecule has 4 N–H and O–H groups in total. The lowest BCUT2D eigenvalue weighted by molar-refractivity contribution is -0.137. The van der Waals surface area contributed by atoms with E-state index in [1.54, 1.807) is 0 Å². The van der Waals surface area contributed by atoms with Gasteiger partial charge in [-0.05, 0) is 18.2 Å². The van der Waals surface area contributed by atoms with E-state index in [-0.39, 0.29) is 17.1 Å². The smallest absolute Gasteiger partial charge is 0.382 e. The second kappa shape index (κ2) is 3.90. The summed E-state index contributed by atoms with van der Waals surface area (Å²) in [6.45, 7) is 0. The van der Waals surface area contributed by atoms with Crippen LogP contribution in [0.25, 0.3) is 11.3 Å². The molecule has 0 radical (unpaired) electrons. The molecule has 0 saturated heterocycles. The minimum Gasteiger partial charge on any atom is -0.382 e. The third-order valence-corrected chi connectivity index (χ3v) is 2.37. The Morgan fingerprint density at radius 2 is 1.89 bits per heavy atom. The Balaban J connectivity index is 2.68. The normalized spacial score (nSPS) is 11.8. The fourth-order valence-electron chi connectivity index (χ4n) is 1.54. The van der Waals surface area contributed by atoms with E-state index in [0.29, 0.717) is 6.07 Å². The fourth-order valence-corrected chi connectivity index (χ4v) is 1.54. The van der Waals surface area contributed by atoms with E-state index in [9.17, 15) is 17.6 Å². The number of hydrogen-bond acceptors (Lipinski definition) is 3. The Kier molecular flexibility index (Phi) is 2.64. The number of hydrogen-bond donors (Lipinski definition) is 2. The first kappa shape index (κ1) is 12.2. The van der Waals surface area contributed by atoms with Crippen molar-refractivity contribution in [3.05, 3.63) is 35.9 Å². The van der Waals surface area contributed by atoms with Gasteiger partial charge in [-0.15, -0.1) is 0 Å². The van der Waals surface area contributed by atoms with Crippen molar-refractivity contribution in [3.63, 3.8) is 0 Å². The van der Waals surface area contributed by atoms with Gasteiger partial charge in [-0.2, -0.15) is 13.2 Å². The molecule has 2 aromatic rings. The quantitative estimate of drug-likeness (QED) is 0.608. The molecule has 4 nitrogen and oxygen atoms in total. The summed E-state index contributed by atoms with van der Waals surface area (Å²) in [6.07, 6.45) is -3.63. The second-order valence-electron chi connectivity index (χ2n) is 3.57. The van der Waals surface area contributed by atoms with Crippen LogP contribution in [0.4, 0.5) is 23.4 Å². The number of imidazole rings is 1. The zero-order chi connectivity index (χ0) is 13.5. The molecule has 0 aliphatic heterocycles. The number of alkyl halides is 3. The first-order valence-electron chi connectivity index (χ1n) is 4.75. The lowest BCUT2D eigenvalue weighted by Gasteiger charge is -2.12. The van der Waals surface area contributed by atoms with Crippen molar-refractivity contribution in [1.82, 2.24) is 9.66 Å². The molecule has 0 atom stereocenters. The third-order valence-electron chi connectivity index (χ3n) is 2.37. The molecule has 0 aliphatic carbocycles. The molecule has 0 amide bonds. The largest absolute Gasteiger partial charge is 0.417 e. The Bertz CT molecular complexity index is 588. The van der Waals surface area contributed by atoms with Gasteiger partial charge >= 0.3 is 6.18 Å². The number of anilines is 1. The Labute approximate surface area is 98.8 Å². The number of nitrogens with zero attached hydrogens (tertiary/aromatic N) is 2. The van der Waals surface area contributed by atoms with E-state index in [2.05, 4.69) is 4.98 Å². The summed E-state index contributed by atoms with van der Waals surface area (Å²) in [5.74, 6) is 4.22. The lowest BCUT2D eigenvalue weighted by atomic mass is 10.0. The summed E-state index contributed by atoms with van der Waals surface area (Å²) in [7, 11) is 0. The Morgan fingerprint density at radius 3 is 2.39 bits per heavy atom. The van der Waals surface area contributed by atoms with Crippen LogP contribution in [0, 0.1) is 5.82 Å². The average molecular weight is 260 g/mol. The molecule has 0 fully saturated rings. The maximum absolute atomic E-state index is 12.9. The average Bonchev–Trinajstić information content (AvgIpc) is 2.59. The molecule has 0 saturated carbocycles. The van der Waals surface area contributed by atoms with E-state index in [0.717, 1.165) is 23.1 Å². The topological polar surface area (TPSA) is 69.9 Å². The summed E-state index contributed by atoms with van der Waals surface area (Å²) in [5.41, 5.74) is 3.91. The minimum absolute atomic E-state index is 0.132. The Hall–Kier alpha value is -2.25. The van der Waals surface area contributed by atoms with Crippen molar-refractivity contribution in [2.75, 3.05) is 11.6 Å². The van der Waals surface area contributed by atoms with Crippen molar-refractivity contribution < 1.29 is 17.6 Å². The number of halogens is 4. The molecular weight excluding hydrogens is 252 g/mol. The highest BCUT2D eigenvalue weighted by Gasteiger charge is 2.35. The Morgan fingerprint density at radius 1 is 1.22 bits per heavy atom. The highest BCUT2D eigenvalue weighted by atomic mass is 19.4. The molecule has 8 heteroatoms. The van der Waals surface area contributed by atoms with E-state index in [4.69, 9.17) is 11.6 Å². The van der Waals surface area contributed by atoms with Crippen LogP contribution < -0.4 is 11.6 Å². The molecular formula is C10H8F4N4. The predicted octanol–water partition coefficient (Wildman–Crippen LogP) is 2.00. The van der Waals surface area contributed by atoms with Crippen molar-refractivity contribution in [3.8, 4) is 11.3 Å². The van der Waals surface area contributed by atoms with Crippen LogP contribution in [0.15, 0.2) is 24.5 Å². The first-order chi connectivity index (χ1) is 8.30. The maximum atomic E-state index is 12.9. The van der Waals surface area contributed by atoms with Gasteiger partial charge in [0.1, 0.15) is 17.8 Å². The summed E-state index contributed by atoms with van der Waals surface area (Å²) in [4.78, 5) is 3.68. The number of rotatable bonds is 1. The highest BCUT2D eigenvalue weighted by molar-refractivity contribution is 5.73. The molecule has 0 unspecified atom stereocenters. The molecule has 2 rings (SSSR count). The standard InChI is InChI=1S/C10H8F4N4/c11-5-1-2-6(7(3-5)10(12,13)14)8-9(15)18(16)4-17-8/h1-4H,15-16H2. The van der Waals surface area contributed by atoms with Crippen molar-refractivity contribution in [1.29, 1.82) is 0 Å². The molecule has 96 valence electrons. The van der Waals surface area contributed by atoms with E-state index >= 15 is 0 Å². The van der Waals surface area contributed by atoms with Gasteiger partial charge in [-0.25, -0.2) is 14.1 Å². The molecule has 1 aromatic heterocycles. The van der Waals surface area contributed by atoms with Gasteiger partial charge in [-0.1, -0.05) is 0 Å². The fraction of sp³-hybridized carbons (Fsp3) is 0.100. The van der Waals surface area contributed by atoms with Gasteiger partial charge in [0.2, 0.25) is 0 Å². The third kappa shape index (κ3) is 1.96. The molecule has 1 aromatic carbocycles. The molecule has 0 aliphatic rings. The van der Waals surface area contributed by atoms with Crippen LogP contribution in [0.1, 0.15) is 5.56 Å². The molecule has 0 bridgehead atoms. The van der Waals surface area contributed by atoms with Gasteiger partial charge < -0.3 is 11.6 Å². The minimum atomic E-state index is -4.71. The van der Waals surface area contributed by atoms with Crippen LogP contribution in [0.3, 0.4) is 0 Å². The van der Waals surface area contributed by atoms with Crippen LogP contribution in [0.2, 0.25) is 0 Å². The van der Waals surface area contributed by atoms with Crippen LogP contribution in [-0.4, -0.2) is 9.66 Å². The summed E-state index contributed by atoms with van der Waals surface area (Å²) in [6, 6.07) is 2.26. The molecule has 0 spiro atoms. The first-order valence-corrected chi connectivity index (χ1v) is 4.75. The van der Waals surface area contributed by atoms with E-state index < -0.39 is 17.6 Å². The van der Waals surface area contributed by atoms with Gasteiger partial charge in [0.25, 0.3) is 0 Å². The van der Waals surface area contributed by atoms with Gasteiger partial charge in [0.15, 0.2) is 5.82 Å². The SMILES string of the molecule is Nc1c(-c2ccc(F)cc2C(F)(F)F)ncn1N. The lowest BCUT2D eigenvalue weighted by Crippen LogP contribution is -2.11. The number of nitrogens with two attached hydrogens (primary N) is 2. The van der Waals surface area contributed by atoms with Gasteiger partial charge in [0.05, 0.1) is 5.56 Å². The zero-order valence-corrected chi connectivity index (χ0v) is 8.87. The van der Waals surface area contributed by atoms with Crippen molar-refractivity contribution in [2.24, 2.45) is 0 Å². The monoisotopic (exact) mass is 260 g/mol. The van der Waals surface area contributed by atoms with Crippen LogP contribution in [0.5, 0.6) is 0 Å². The molecule has 1 heterocycles. The summed E-state index contributed by atoms with van der Waals surface area (Å²) >= 11 is 0. The van der Waals surface area contributed by atoms with Crippen LogP contribution >= 0.6 is 0 Å². The summed E-state index contributed by atoms with van der Waals surface area (Å²) < 4.78 is 52.1. The molecule has 18 heavy (non-hydrogen) atoms. The number of nitrogen functional groups attached to an aromatic ring is 2. The van der Waals surface area contributed by atoms with Gasteiger partial charge in [0, 0.05) is 5.56 Å².